The molecule has 0 saturated heterocycles. The molecule has 0 aliphatic rings. The maximum Gasteiger partial charge on any atom is 0.173 e. The third-order valence-electron chi connectivity index (χ3n) is 2.22. The minimum Gasteiger partial charge on any atom is -0.314 e. The van der Waals surface area contributed by atoms with Crippen LogP contribution >= 0.6 is 0 Å². The lowest BCUT2D eigenvalue weighted by Gasteiger charge is -2.34. The lowest BCUT2D eigenvalue weighted by molar-refractivity contribution is -0.156. The second-order valence-electron chi connectivity index (χ2n) is 4.22. The minimum atomic E-state index is -1.22. The zero-order valence-electron chi connectivity index (χ0n) is 9.96. The third kappa shape index (κ3) is 7.70. The Morgan fingerprint density at radius 3 is 1.40 bits per heavy atom. The van der Waals surface area contributed by atoms with Crippen molar-refractivity contribution in [3.05, 3.63) is 0 Å². The van der Waals surface area contributed by atoms with Crippen LogP contribution in [0.15, 0.2) is 0 Å². The Kier molecular flexibility index (Phi) is 6.31. The first kappa shape index (κ1) is 14.8. The highest BCUT2D eigenvalue weighted by molar-refractivity contribution is 4.73. The number of rotatable bonds is 8. The van der Waals surface area contributed by atoms with E-state index in [0.717, 1.165) is 25.7 Å². The molecule has 0 spiro atoms. The molecule has 0 unspecified atom stereocenters. The number of ether oxygens (including phenoxy) is 1. The molecule has 0 bridgehead atoms. The fraction of sp³-hybridized carbons (Fsp3) is 1.00. The van der Waals surface area contributed by atoms with E-state index in [1.807, 2.05) is 0 Å². The zero-order valence-corrected chi connectivity index (χ0v) is 9.96. The van der Waals surface area contributed by atoms with Gasteiger partial charge in [-0.05, 0) is 12.8 Å². The largest absolute Gasteiger partial charge is 0.314 e. The summed E-state index contributed by atoms with van der Waals surface area (Å²) in [6, 6.07) is 0. The molecule has 0 radical (unpaired) electrons. The van der Waals surface area contributed by atoms with Crippen LogP contribution in [0.1, 0.15) is 52.4 Å². The summed E-state index contributed by atoms with van der Waals surface area (Å²) in [7, 11) is 0. The predicted octanol–water partition coefficient (Wildman–Crippen LogP) is 0.526. The van der Waals surface area contributed by atoms with Crippen molar-refractivity contribution in [2.45, 2.75) is 64.1 Å². The van der Waals surface area contributed by atoms with E-state index in [2.05, 4.69) is 13.8 Å². The summed E-state index contributed by atoms with van der Waals surface area (Å²) in [4.78, 5) is 0. The summed E-state index contributed by atoms with van der Waals surface area (Å²) in [6.45, 7) is 4.12. The van der Waals surface area contributed by atoms with Gasteiger partial charge in [0.2, 0.25) is 0 Å². The van der Waals surface area contributed by atoms with Crippen LogP contribution in [0.5, 0.6) is 0 Å². The van der Waals surface area contributed by atoms with Crippen molar-refractivity contribution in [3.63, 3.8) is 0 Å². The van der Waals surface area contributed by atoms with E-state index in [0.29, 0.717) is 12.8 Å². The molecular formula is C10H26N4O. The van der Waals surface area contributed by atoms with Crippen molar-refractivity contribution >= 4 is 0 Å². The number of nitrogens with two attached hydrogens (primary N) is 4. The van der Waals surface area contributed by atoms with Gasteiger partial charge < -0.3 is 4.74 Å². The van der Waals surface area contributed by atoms with Gasteiger partial charge in [-0.1, -0.05) is 26.7 Å². The molecule has 0 aromatic heterocycles. The minimum absolute atomic E-state index is 0.561. The van der Waals surface area contributed by atoms with Crippen LogP contribution in [-0.2, 0) is 4.74 Å². The van der Waals surface area contributed by atoms with E-state index >= 15 is 0 Å². The van der Waals surface area contributed by atoms with E-state index < -0.39 is 11.7 Å². The lowest BCUT2D eigenvalue weighted by Crippen LogP contribution is -2.64. The van der Waals surface area contributed by atoms with Gasteiger partial charge in [-0.15, -0.1) is 0 Å². The Balaban J connectivity index is 4.04. The van der Waals surface area contributed by atoms with E-state index in [1.165, 1.54) is 0 Å². The first-order chi connectivity index (χ1) is 6.83. The molecule has 8 N–H and O–H groups in total. The van der Waals surface area contributed by atoms with Gasteiger partial charge in [0.1, 0.15) is 0 Å². The standard InChI is InChI=1S/C10H26N4O/c1-3-5-7-9(11,12)15-10(13,14)8-6-4-2/h3-8,11-14H2,1-2H3. The van der Waals surface area contributed by atoms with Crippen LogP contribution in [0.3, 0.4) is 0 Å². The molecule has 0 aliphatic carbocycles. The maximum absolute atomic E-state index is 5.76. The molecule has 0 fully saturated rings. The van der Waals surface area contributed by atoms with Gasteiger partial charge in [0.05, 0.1) is 0 Å². The molecule has 0 aromatic carbocycles. The predicted molar refractivity (Wildman–Crippen MR) is 62.3 cm³/mol. The number of hydrogen-bond acceptors (Lipinski definition) is 5. The third-order valence-corrected chi connectivity index (χ3v) is 2.22. The van der Waals surface area contributed by atoms with Crippen molar-refractivity contribution in [2.24, 2.45) is 22.9 Å². The summed E-state index contributed by atoms with van der Waals surface area (Å²) >= 11 is 0. The summed E-state index contributed by atoms with van der Waals surface area (Å²) in [5.74, 6) is -2.43. The molecule has 0 amide bonds. The summed E-state index contributed by atoms with van der Waals surface area (Å²) in [6.07, 6.45) is 4.94. The van der Waals surface area contributed by atoms with Crippen molar-refractivity contribution in [1.29, 1.82) is 0 Å². The van der Waals surface area contributed by atoms with Gasteiger partial charge in [-0.25, -0.2) is 0 Å². The van der Waals surface area contributed by atoms with Gasteiger partial charge in [0, 0.05) is 12.8 Å². The van der Waals surface area contributed by atoms with Crippen molar-refractivity contribution < 1.29 is 4.74 Å². The van der Waals surface area contributed by atoms with Crippen LogP contribution < -0.4 is 22.9 Å². The van der Waals surface area contributed by atoms with Crippen LogP contribution in [0, 0.1) is 0 Å². The molecule has 0 saturated carbocycles. The fourth-order valence-electron chi connectivity index (χ4n) is 1.36. The van der Waals surface area contributed by atoms with E-state index in [9.17, 15) is 0 Å². The monoisotopic (exact) mass is 218 g/mol. The Labute approximate surface area is 92.5 Å². The average Bonchev–Trinajstić information content (AvgIpc) is 2.10. The summed E-state index contributed by atoms with van der Waals surface area (Å²) < 4.78 is 5.34. The van der Waals surface area contributed by atoms with Crippen LogP contribution in [0.4, 0.5) is 0 Å². The first-order valence-electron chi connectivity index (χ1n) is 5.68. The molecular weight excluding hydrogens is 192 g/mol. The smallest absolute Gasteiger partial charge is 0.173 e. The topological polar surface area (TPSA) is 113 Å². The number of hydrogen-bond donors (Lipinski definition) is 4. The lowest BCUT2D eigenvalue weighted by atomic mass is 10.1. The first-order valence-corrected chi connectivity index (χ1v) is 5.68. The molecule has 92 valence electrons. The van der Waals surface area contributed by atoms with Crippen molar-refractivity contribution in [3.8, 4) is 0 Å². The molecule has 0 atom stereocenters. The fourth-order valence-corrected chi connectivity index (χ4v) is 1.36. The Morgan fingerprint density at radius 1 is 0.800 bits per heavy atom. The molecule has 0 heterocycles. The summed E-state index contributed by atoms with van der Waals surface area (Å²) in [5.41, 5.74) is 23.0. The SMILES string of the molecule is CCCCC(N)(N)OC(N)(N)CCCC. The van der Waals surface area contributed by atoms with Gasteiger partial charge in [-0.2, -0.15) is 0 Å². The van der Waals surface area contributed by atoms with Crippen LogP contribution in [0.2, 0.25) is 0 Å². The second-order valence-corrected chi connectivity index (χ2v) is 4.22. The molecule has 5 heteroatoms. The normalized spacial score (nSPS) is 13.2. The maximum atomic E-state index is 5.76. The average molecular weight is 218 g/mol. The number of unbranched alkanes of at least 4 members (excludes halogenated alkanes) is 2. The molecule has 0 rings (SSSR count). The van der Waals surface area contributed by atoms with Gasteiger partial charge >= 0.3 is 0 Å². The van der Waals surface area contributed by atoms with Crippen LogP contribution in [0.25, 0.3) is 0 Å². The van der Waals surface area contributed by atoms with Crippen molar-refractivity contribution in [1.82, 2.24) is 0 Å². The zero-order chi connectivity index (χ0) is 11.9. The van der Waals surface area contributed by atoms with E-state index in [-0.39, 0.29) is 0 Å². The molecule has 15 heavy (non-hydrogen) atoms. The Morgan fingerprint density at radius 2 is 1.13 bits per heavy atom. The van der Waals surface area contributed by atoms with E-state index in [4.69, 9.17) is 27.7 Å². The molecule has 0 aliphatic heterocycles. The summed E-state index contributed by atoms with van der Waals surface area (Å²) in [5, 5.41) is 0. The van der Waals surface area contributed by atoms with Crippen molar-refractivity contribution in [2.75, 3.05) is 0 Å². The van der Waals surface area contributed by atoms with E-state index in [1.54, 1.807) is 0 Å². The highest BCUT2D eigenvalue weighted by atomic mass is 16.6. The van der Waals surface area contributed by atoms with Gasteiger partial charge in [-0.3, -0.25) is 22.9 Å². The Bertz CT molecular complexity index is 153. The van der Waals surface area contributed by atoms with Gasteiger partial charge in [0.25, 0.3) is 0 Å². The Hall–Kier alpha value is -0.200. The van der Waals surface area contributed by atoms with Gasteiger partial charge in [0.15, 0.2) is 11.7 Å². The highest BCUT2D eigenvalue weighted by Crippen LogP contribution is 2.15. The second kappa shape index (κ2) is 6.40. The molecule has 5 nitrogen and oxygen atoms in total. The highest BCUT2D eigenvalue weighted by Gasteiger charge is 2.30. The van der Waals surface area contributed by atoms with Crippen LogP contribution in [-0.4, -0.2) is 11.7 Å². The quantitative estimate of drug-likeness (QED) is 0.444. The molecule has 0 aromatic rings.